The number of methoxy groups -OCH3 is 1. The molecule has 0 aliphatic heterocycles. The van der Waals surface area contributed by atoms with Gasteiger partial charge in [0.15, 0.2) is 0 Å². The van der Waals surface area contributed by atoms with Crippen LogP contribution in [-0.4, -0.2) is 11.3 Å². The van der Waals surface area contributed by atoms with Crippen LogP contribution in [0.4, 0.5) is 0 Å². The van der Waals surface area contributed by atoms with Crippen molar-refractivity contribution in [3.63, 3.8) is 0 Å². The monoisotopic (exact) mass is 289 g/mol. The predicted octanol–water partition coefficient (Wildman–Crippen LogP) is 2.77. The average Bonchev–Trinajstić information content (AvgIpc) is 2.47. The van der Waals surface area contributed by atoms with Gasteiger partial charge in [0.2, 0.25) is 0 Å². The molecule has 20 heavy (non-hydrogen) atoms. The van der Waals surface area contributed by atoms with Gasteiger partial charge in [-0.1, -0.05) is 24.3 Å². The summed E-state index contributed by atoms with van der Waals surface area (Å²) < 4.78 is 17.7. The zero-order valence-electron chi connectivity index (χ0n) is 11.8. The van der Waals surface area contributed by atoms with Crippen molar-refractivity contribution in [2.45, 2.75) is 24.1 Å². The minimum Gasteiger partial charge on any atom is -0.496 e. The fourth-order valence-corrected chi connectivity index (χ4v) is 3.42. The summed E-state index contributed by atoms with van der Waals surface area (Å²) in [5, 5.41) is 0. The molecule has 0 saturated carbocycles. The van der Waals surface area contributed by atoms with Gasteiger partial charge in [-0.15, -0.1) is 0 Å². The number of hydrogen-bond acceptors (Lipinski definition) is 3. The summed E-state index contributed by atoms with van der Waals surface area (Å²) >= 11 is 0. The van der Waals surface area contributed by atoms with E-state index in [4.69, 9.17) is 10.5 Å². The molecule has 0 aliphatic rings. The molecular formula is C16H19NO2S. The van der Waals surface area contributed by atoms with Crippen LogP contribution in [0, 0.1) is 6.92 Å². The normalized spacial score (nSPS) is 12.2. The molecule has 0 radical (unpaired) electrons. The lowest BCUT2D eigenvalue weighted by atomic mass is 10.1. The summed E-state index contributed by atoms with van der Waals surface area (Å²) in [6.45, 7) is 2.39. The van der Waals surface area contributed by atoms with Crippen LogP contribution in [0.25, 0.3) is 0 Å². The molecule has 3 nitrogen and oxygen atoms in total. The highest BCUT2D eigenvalue weighted by molar-refractivity contribution is 7.84. The molecule has 106 valence electrons. The van der Waals surface area contributed by atoms with Crippen molar-refractivity contribution in [3.8, 4) is 5.75 Å². The fourth-order valence-electron chi connectivity index (χ4n) is 2.12. The molecule has 2 N–H and O–H groups in total. The van der Waals surface area contributed by atoms with Crippen LogP contribution in [0.2, 0.25) is 0 Å². The van der Waals surface area contributed by atoms with Gasteiger partial charge >= 0.3 is 0 Å². The Morgan fingerprint density at radius 2 is 1.95 bits per heavy atom. The molecule has 2 aromatic carbocycles. The first-order chi connectivity index (χ1) is 9.65. The lowest BCUT2D eigenvalue weighted by molar-refractivity contribution is 0.409. The van der Waals surface area contributed by atoms with Crippen molar-refractivity contribution >= 4 is 10.8 Å². The lowest BCUT2D eigenvalue weighted by Crippen LogP contribution is -2.03. The van der Waals surface area contributed by atoms with Crippen LogP contribution in [-0.2, 0) is 23.1 Å². The summed E-state index contributed by atoms with van der Waals surface area (Å²) in [4.78, 5) is 0.887. The summed E-state index contributed by atoms with van der Waals surface area (Å²) in [6, 6.07) is 13.6. The van der Waals surface area contributed by atoms with Crippen LogP contribution < -0.4 is 10.5 Å². The molecular weight excluding hydrogens is 270 g/mol. The SMILES string of the molecule is COc1ccc(CS(=O)c2ccccc2C)cc1CN. The Morgan fingerprint density at radius 1 is 1.20 bits per heavy atom. The van der Waals surface area contributed by atoms with Gasteiger partial charge < -0.3 is 10.5 Å². The van der Waals surface area contributed by atoms with Gasteiger partial charge in [-0.3, -0.25) is 4.21 Å². The Kier molecular flexibility index (Phi) is 4.93. The molecule has 2 aromatic rings. The molecule has 0 heterocycles. The van der Waals surface area contributed by atoms with Crippen molar-refractivity contribution in [1.82, 2.24) is 0 Å². The highest BCUT2D eigenvalue weighted by atomic mass is 32.2. The highest BCUT2D eigenvalue weighted by Gasteiger charge is 2.09. The topological polar surface area (TPSA) is 52.3 Å². The minimum absolute atomic E-state index is 0.411. The average molecular weight is 289 g/mol. The number of nitrogens with two attached hydrogens (primary N) is 1. The maximum Gasteiger partial charge on any atom is 0.123 e. The van der Waals surface area contributed by atoms with E-state index in [9.17, 15) is 4.21 Å². The van der Waals surface area contributed by atoms with E-state index in [0.29, 0.717) is 12.3 Å². The van der Waals surface area contributed by atoms with Crippen LogP contribution >= 0.6 is 0 Å². The van der Waals surface area contributed by atoms with Crippen molar-refractivity contribution in [2.24, 2.45) is 5.73 Å². The zero-order valence-corrected chi connectivity index (χ0v) is 12.6. The van der Waals surface area contributed by atoms with Gasteiger partial charge in [-0.2, -0.15) is 0 Å². The second-order valence-corrected chi connectivity index (χ2v) is 6.03. The standard InChI is InChI=1S/C16H19NO2S/c1-12-5-3-4-6-16(12)20(18)11-13-7-8-15(19-2)14(9-13)10-17/h3-9H,10-11,17H2,1-2H3. The van der Waals surface area contributed by atoms with Crippen LogP contribution in [0.5, 0.6) is 5.75 Å². The largest absolute Gasteiger partial charge is 0.496 e. The van der Waals surface area contributed by atoms with Crippen LogP contribution in [0.1, 0.15) is 16.7 Å². The minimum atomic E-state index is -1.05. The lowest BCUT2D eigenvalue weighted by Gasteiger charge is -2.10. The first-order valence-corrected chi connectivity index (χ1v) is 7.77. The van der Waals surface area contributed by atoms with E-state index in [1.165, 1.54) is 0 Å². The maximum absolute atomic E-state index is 12.4. The van der Waals surface area contributed by atoms with E-state index in [2.05, 4.69) is 0 Å². The van der Waals surface area contributed by atoms with E-state index < -0.39 is 10.8 Å². The van der Waals surface area contributed by atoms with Crippen molar-refractivity contribution < 1.29 is 8.95 Å². The number of rotatable bonds is 5. The number of hydrogen-bond donors (Lipinski definition) is 1. The second kappa shape index (κ2) is 6.68. The van der Waals surface area contributed by atoms with Gasteiger partial charge in [0.05, 0.1) is 23.7 Å². The Balaban J connectivity index is 2.22. The molecule has 0 spiro atoms. The Bertz CT molecular complexity index is 626. The molecule has 2 rings (SSSR count). The molecule has 1 unspecified atom stereocenters. The first-order valence-electron chi connectivity index (χ1n) is 6.45. The van der Waals surface area contributed by atoms with Crippen molar-refractivity contribution in [3.05, 3.63) is 59.2 Å². The van der Waals surface area contributed by atoms with Gasteiger partial charge in [0.25, 0.3) is 0 Å². The van der Waals surface area contributed by atoms with Crippen LogP contribution in [0.15, 0.2) is 47.4 Å². The Labute approximate surface area is 122 Å². The van der Waals surface area contributed by atoms with E-state index in [0.717, 1.165) is 27.3 Å². The van der Waals surface area contributed by atoms with Crippen molar-refractivity contribution in [1.29, 1.82) is 0 Å². The number of benzene rings is 2. The molecule has 0 amide bonds. The highest BCUT2D eigenvalue weighted by Crippen LogP contribution is 2.22. The summed E-state index contributed by atoms with van der Waals surface area (Å²) in [7, 11) is 0.578. The molecule has 4 heteroatoms. The van der Waals surface area contributed by atoms with Gasteiger partial charge in [0.1, 0.15) is 5.75 Å². The summed E-state index contributed by atoms with van der Waals surface area (Å²) in [5.41, 5.74) is 8.70. The molecule has 0 fully saturated rings. The Hall–Kier alpha value is -1.65. The zero-order chi connectivity index (χ0) is 14.5. The molecule has 1 atom stereocenters. The van der Waals surface area contributed by atoms with E-state index >= 15 is 0 Å². The van der Waals surface area contributed by atoms with E-state index in [-0.39, 0.29) is 0 Å². The maximum atomic E-state index is 12.4. The fraction of sp³-hybridized carbons (Fsp3) is 0.250. The van der Waals surface area contributed by atoms with E-state index in [1.54, 1.807) is 7.11 Å². The summed E-state index contributed by atoms with van der Waals surface area (Å²) in [5.74, 6) is 1.26. The van der Waals surface area contributed by atoms with Gasteiger partial charge in [0, 0.05) is 17.0 Å². The summed E-state index contributed by atoms with van der Waals surface area (Å²) in [6.07, 6.45) is 0. The third-order valence-corrected chi connectivity index (χ3v) is 4.75. The van der Waals surface area contributed by atoms with Gasteiger partial charge in [-0.05, 0) is 36.2 Å². The number of ether oxygens (including phenoxy) is 1. The van der Waals surface area contributed by atoms with Gasteiger partial charge in [-0.25, -0.2) is 0 Å². The molecule has 0 bridgehead atoms. The number of aryl methyl sites for hydroxylation is 1. The predicted molar refractivity (Wildman–Crippen MR) is 82.2 cm³/mol. The molecule has 0 saturated heterocycles. The molecule has 0 aliphatic carbocycles. The molecule has 0 aromatic heterocycles. The second-order valence-electron chi connectivity index (χ2n) is 4.61. The smallest absolute Gasteiger partial charge is 0.123 e. The van der Waals surface area contributed by atoms with Crippen molar-refractivity contribution in [2.75, 3.05) is 7.11 Å². The quantitative estimate of drug-likeness (QED) is 0.921. The third kappa shape index (κ3) is 3.26. The third-order valence-electron chi connectivity index (χ3n) is 3.20. The van der Waals surface area contributed by atoms with Crippen LogP contribution in [0.3, 0.4) is 0 Å². The Morgan fingerprint density at radius 3 is 2.60 bits per heavy atom. The van der Waals surface area contributed by atoms with E-state index in [1.807, 2.05) is 49.4 Å². The first kappa shape index (κ1) is 14.8.